The molecule has 0 atom stereocenters. The van der Waals surface area contributed by atoms with Gasteiger partial charge in [-0.1, -0.05) is 29.3 Å². The largest absolute Gasteiger partial charge is 0.494 e. The Hall–Kier alpha value is -3.08. The van der Waals surface area contributed by atoms with E-state index in [-0.39, 0.29) is 32.7 Å². The number of rotatable bonds is 5. The van der Waals surface area contributed by atoms with Crippen LogP contribution in [0.5, 0.6) is 5.75 Å². The van der Waals surface area contributed by atoms with Gasteiger partial charge in [0.2, 0.25) is 0 Å². The Morgan fingerprint density at radius 3 is 2.50 bits per heavy atom. The average Bonchev–Trinajstić information content (AvgIpc) is 2.61. The highest BCUT2D eigenvalue weighted by Crippen LogP contribution is 2.30. The molecule has 0 aliphatic carbocycles. The summed E-state index contributed by atoms with van der Waals surface area (Å²) in [5, 5.41) is 23.1. The Balaban J connectivity index is 2.35. The van der Waals surface area contributed by atoms with E-state index < -0.39 is 10.8 Å². The number of methoxy groups -OCH3 is 1. The lowest BCUT2D eigenvalue weighted by Gasteiger charge is -2.10. The van der Waals surface area contributed by atoms with Gasteiger partial charge >= 0.3 is 0 Å². The van der Waals surface area contributed by atoms with Gasteiger partial charge in [-0.05, 0) is 24.3 Å². The predicted molar refractivity (Wildman–Crippen MR) is 98.3 cm³/mol. The van der Waals surface area contributed by atoms with Crippen LogP contribution >= 0.6 is 23.2 Å². The van der Waals surface area contributed by atoms with E-state index in [9.17, 15) is 20.2 Å². The van der Waals surface area contributed by atoms with Crippen molar-refractivity contribution in [1.29, 1.82) is 5.26 Å². The maximum Gasteiger partial charge on any atom is 0.273 e. The molecule has 132 valence electrons. The van der Waals surface area contributed by atoms with Crippen molar-refractivity contribution in [2.24, 2.45) is 0 Å². The fraction of sp³-hybridized carbons (Fsp3) is 0.0588. The van der Waals surface area contributed by atoms with Crippen LogP contribution in [0, 0.1) is 21.4 Å². The van der Waals surface area contributed by atoms with E-state index in [1.807, 2.05) is 0 Å². The summed E-state index contributed by atoms with van der Waals surface area (Å²) in [4.78, 5) is 22.6. The SMILES string of the molecule is COc1cc([N+](=O)[O-])ccc1NC(=O)C(C#N)=Cc1c(Cl)cccc1Cl. The summed E-state index contributed by atoms with van der Waals surface area (Å²) in [6, 6.07) is 10.2. The van der Waals surface area contributed by atoms with Gasteiger partial charge in [-0.3, -0.25) is 14.9 Å². The Morgan fingerprint density at radius 2 is 1.96 bits per heavy atom. The number of non-ortho nitro benzene ring substituents is 1. The van der Waals surface area contributed by atoms with Gasteiger partial charge in [0, 0.05) is 21.7 Å². The van der Waals surface area contributed by atoms with E-state index in [1.54, 1.807) is 24.3 Å². The molecule has 0 unspecified atom stereocenters. The molecule has 0 aliphatic rings. The number of nitrogens with zero attached hydrogens (tertiary/aromatic N) is 2. The van der Waals surface area contributed by atoms with Gasteiger partial charge in [0.1, 0.15) is 17.4 Å². The van der Waals surface area contributed by atoms with E-state index in [0.717, 1.165) is 6.07 Å². The molecule has 0 saturated heterocycles. The molecule has 7 nitrogen and oxygen atoms in total. The topological polar surface area (TPSA) is 105 Å². The summed E-state index contributed by atoms with van der Waals surface area (Å²) in [6.45, 7) is 0. The minimum atomic E-state index is -0.740. The number of benzene rings is 2. The highest BCUT2D eigenvalue weighted by molar-refractivity contribution is 6.37. The summed E-state index contributed by atoms with van der Waals surface area (Å²) in [5.41, 5.74) is 0.0619. The molecule has 2 aromatic carbocycles. The zero-order valence-corrected chi connectivity index (χ0v) is 14.8. The number of hydrogen-bond donors (Lipinski definition) is 1. The molecule has 0 saturated carbocycles. The van der Waals surface area contributed by atoms with Crippen molar-refractivity contribution in [3.05, 3.63) is 67.7 Å². The molecule has 0 bridgehead atoms. The van der Waals surface area contributed by atoms with Crippen LogP contribution in [-0.4, -0.2) is 17.9 Å². The molecule has 0 aliphatic heterocycles. The maximum absolute atomic E-state index is 12.4. The van der Waals surface area contributed by atoms with Crippen LogP contribution in [-0.2, 0) is 4.79 Å². The van der Waals surface area contributed by atoms with Crippen LogP contribution in [0.1, 0.15) is 5.56 Å². The molecule has 1 amide bonds. The van der Waals surface area contributed by atoms with Crippen LogP contribution in [0.2, 0.25) is 10.0 Å². The number of nitriles is 1. The van der Waals surface area contributed by atoms with Gasteiger partial charge in [-0.15, -0.1) is 0 Å². The first-order chi connectivity index (χ1) is 12.4. The number of carbonyl (C=O) groups excluding carboxylic acids is 1. The van der Waals surface area contributed by atoms with Gasteiger partial charge in [-0.2, -0.15) is 5.26 Å². The molecule has 9 heteroatoms. The normalized spacial score (nSPS) is 10.8. The van der Waals surface area contributed by atoms with Crippen molar-refractivity contribution in [1.82, 2.24) is 0 Å². The predicted octanol–water partition coefficient (Wildman–Crippen LogP) is 4.46. The van der Waals surface area contributed by atoms with Crippen LogP contribution in [0.15, 0.2) is 42.0 Å². The maximum atomic E-state index is 12.4. The van der Waals surface area contributed by atoms with Crippen LogP contribution < -0.4 is 10.1 Å². The van der Waals surface area contributed by atoms with Gasteiger partial charge in [0.25, 0.3) is 11.6 Å². The number of halogens is 2. The zero-order valence-electron chi connectivity index (χ0n) is 13.3. The first kappa shape index (κ1) is 19.2. The van der Waals surface area contributed by atoms with E-state index >= 15 is 0 Å². The fourth-order valence-corrected chi connectivity index (χ4v) is 2.53. The Kier molecular flexibility index (Phi) is 6.17. The van der Waals surface area contributed by atoms with Gasteiger partial charge in [0.05, 0.1) is 23.8 Å². The lowest BCUT2D eigenvalue weighted by Crippen LogP contribution is -2.14. The smallest absolute Gasteiger partial charge is 0.273 e. The summed E-state index contributed by atoms with van der Waals surface area (Å²) < 4.78 is 5.04. The van der Waals surface area contributed by atoms with Crippen LogP contribution in [0.25, 0.3) is 6.08 Å². The van der Waals surface area contributed by atoms with Gasteiger partial charge < -0.3 is 10.1 Å². The van der Waals surface area contributed by atoms with Crippen LogP contribution in [0.3, 0.4) is 0 Å². The van der Waals surface area contributed by atoms with Crippen molar-refractivity contribution in [3.63, 3.8) is 0 Å². The van der Waals surface area contributed by atoms with E-state index in [4.69, 9.17) is 27.9 Å². The van der Waals surface area contributed by atoms with Crippen molar-refractivity contribution in [3.8, 4) is 11.8 Å². The zero-order chi connectivity index (χ0) is 19.3. The minimum absolute atomic E-state index is 0.0839. The Morgan fingerprint density at radius 1 is 1.31 bits per heavy atom. The first-order valence-electron chi connectivity index (χ1n) is 7.07. The molecule has 2 aromatic rings. The standard InChI is InChI=1S/C17H11Cl2N3O4/c1-26-16-8-11(22(24)25)5-6-15(16)21-17(23)10(9-20)7-12-13(18)3-2-4-14(12)19/h2-8H,1H3,(H,21,23). The van der Waals surface area contributed by atoms with E-state index in [2.05, 4.69) is 5.32 Å². The monoisotopic (exact) mass is 391 g/mol. The third kappa shape index (κ3) is 4.30. The van der Waals surface area contributed by atoms with Crippen molar-refractivity contribution in [2.75, 3.05) is 12.4 Å². The lowest BCUT2D eigenvalue weighted by atomic mass is 10.1. The lowest BCUT2D eigenvalue weighted by molar-refractivity contribution is -0.384. The Labute approximate surface area is 158 Å². The number of nitro groups is 1. The molecular weight excluding hydrogens is 381 g/mol. The molecule has 0 aromatic heterocycles. The van der Waals surface area contributed by atoms with Crippen molar-refractivity contribution >= 4 is 46.6 Å². The number of ether oxygens (including phenoxy) is 1. The number of nitro benzene ring substituents is 1. The molecule has 1 N–H and O–H groups in total. The summed E-state index contributed by atoms with van der Waals surface area (Å²) >= 11 is 12.1. The summed E-state index contributed by atoms with van der Waals surface area (Å²) in [6.07, 6.45) is 1.26. The quantitative estimate of drug-likeness (QED) is 0.350. The second-order valence-electron chi connectivity index (χ2n) is 4.90. The van der Waals surface area contributed by atoms with E-state index in [1.165, 1.54) is 25.3 Å². The molecule has 0 radical (unpaired) electrons. The Bertz CT molecular complexity index is 931. The number of nitrogens with one attached hydrogen (secondary N) is 1. The third-order valence-electron chi connectivity index (χ3n) is 3.30. The van der Waals surface area contributed by atoms with Gasteiger partial charge in [-0.25, -0.2) is 0 Å². The number of anilines is 1. The molecular formula is C17H11Cl2N3O4. The van der Waals surface area contributed by atoms with Crippen molar-refractivity contribution < 1.29 is 14.5 Å². The third-order valence-corrected chi connectivity index (χ3v) is 3.96. The fourth-order valence-electron chi connectivity index (χ4n) is 2.03. The number of carbonyl (C=O) groups is 1. The number of hydrogen-bond acceptors (Lipinski definition) is 5. The highest BCUT2D eigenvalue weighted by atomic mass is 35.5. The summed E-state index contributed by atoms with van der Waals surface area (Å²) in [5.74, 6) is -0.656. The van der Waals surface area contributed by atoms with Crippen LogP contribution in [0.4, 0.5) is 11.4 Å². The molecule has 26 heavy (non-hydrogen) atoms. The average molecular weight is 392 g/mol. The highest BCUT2D eigenvalue weighted by Gasteiger charge is 2.16. The summed E-state index contributed by atoms with van der Waals surface area (Å²) in [7, 11) is 1.30. The molecule has 0 heterocycles. The second kappa shape index (κ2) is 8.34. The number of amides is 1. The first-order valence-corrected chi connectivity index (χ1v) is 7.82. The van der Waals surface area contributed by atoms with E-state index in [0.29, 0.717) is 5.56 Å². The molecule has 2 rings (SSSR count). The minimum Gasteiger partial charge on any atom is -0.494 e. The second-order valence-corrected chi connectivity index (χ2v) is 5.72. The van der Waals surface area contributed by atoms with Gasteiger partial charge in [0.15, 0.2) is 0 Å². The van der Waals surface area contributed by atoms with Crippen molar-refractivity contribution in [2.45, 2.75) is 0 Å². The molecule has 0 spiro atoms. The molecule has 0 fully saturated rings.